The molecule has 0 saturated carbocycles. The van der Waals surface area contributed by atoms with Crippen molar-refractivity contribution in [3.05, 3.63) is 127 Å². The summed E-state index contributed by atoms with van der Waals surface area (Å²) in [7, 11) is 0. The van der Waals surface area contributed by atoms with Gasteiger partial charge in [-0.25, -0.2) is 15.0 Å². The number of hydrogen-bond donors (Lipinski definition) is 0. The summed E-state index contributed by atoms with van der Waals surface area (Å²) >= 11 is 0. The topological polar surface area (TPSA) is 78.1 Å². The molecule has 36 heavy (non-hydrogen) atoms. The molecule has 0 unspecified atom stereocenters. The monoisotopic (exact) mass is 471 g/mol. The Morgan fingerprint density at radius 2 is 0.694 bits per heavy atom. The zero-order chi connectivity index (χ0) is 23.9. The third kappa shape index (κ3) is 3.73. The molecule has 0 amide bonds. The fourth-order valence-electron chi connectivity index (χ4n) is 4.57. The molecule has 4 aromatic rings. The van der Waals surface area contributed by atoms with E-state index in [9.17, 15) is 0 Å². The summed E-state index contributed by atoms with van der Waals surface area (Å²) in [6.45, 7) is 0. The highest BCUT2D eigenvalue weighted by Crippen LogP contribution is 2.37. The molecule has 0 radical (unpaired) electrons. The van der Waals surface area contributed by atoms with Crippen LogP contribution in [0.15, 0.2) is 123 Å². The zero-order valence-corrected chi connectivity index (χ0v) is 19.2. The molecule has 0 atom stereocenters. The second kappa shape index (κ2) is 8.50. The number of aromatic nitrogens is 3. The summed E-state index contributed by atoms with van der Waals surface area (Å²) < 4.78 is 18.5. The highest BCUT2D eigenvalue weighted by atomic mass is 16.4. The quantitative estimate of drug-likeness (QED) is 0.294. The van der Waals surface area contributed by atoms with E-state index in [0.717, 1.165) is 16.7 Å². The summed E-state index contributed by atoms with van der Waals surface area (Å²) in [5, 5.41) is 0. The number of rotatable bonds is 6. The van der Waals surface area contributed by atoms with Crippen molar-refractivity contribution in [1.82, 2.24) is 15.0 Å². The second-order valence-corrected chi connectivity index (χ2v) is 8.87. The summed E-state index contributed by atoms with van der Waals surface area (Å²) in [5.41, 5.74) is 2.60. The lowest BCUT2D eigenvalue weighted by Gasteiger charge is -2.06. The van der Waals surface area contributed by atoms with Crippen molar-refractivity contribution >= 4 is 0 Å². The minimum absolute atomic E-state index is 0.0510. The largest absolute Gasteiger partial charge is 0.440 e. The van der Waals surface area contributed by atoms with Gasteiger partial charge in [-0.2, -0.15) is 0 Å². The fraction of sp³-hybridized carbons (Fsp3) is 0.100. The molecule has 0 N–H and O–H groups in total. The van der Waals surface area contributed by atoms with Crippen LogP contribution in [-0.2, 0) is 0 Å². The maximum absolute atomic E-state index is 6.17. The number of oxazole rings is 3. The van der Waals surface area contributed by atoms with E-state index in [1.54, 1.807) is 18.6 Å². The van der Waals surface area contributed by atoms with Gasteiger partial charge in [0.15, 0.2) is 17.3 Å². The van der Waals surface area contributed by atoms with E-state index in [4.69, 9.17) is 13.3 Å². The van der Waals surface area contributed by atoms with Crippen molar-refractivity contribution in [2.24, 2.45) is 0 Å². The van der Waals surface area contributed by atoms with Gasteiger partial charge >= 0.3 is 0 Å². The minimum Gasteiger partial charge on any atom is -0.440 e. The van der Waals surface area contributed by atoms with Crippen molar-refractivity contribution in [3.63, 3.8) is 0 Å². The first-order chi connectivity index (χ1) is 17.8. The van der Waals surface area contributed by atoms with E-state index < -0.39 is 0 Å². The molecular weight excluding hydrogens is 450 g/mol. The van der Waals surface area contributed by atoms with E-state index in [1.807, 2.05) is 54.7 Å². The molecule has 3 aromatic heterocycles. The molecule has 0 spiro atoms. The van der Waals surface area contributed by atoms with Crippen LogP contribution >= 0.6 is 0 Å². The van der Waals surface area contributed by atoms with Gasteiger partial charge in [-0.1, -0.05) is 72.9 Å². The average molecular weight is 472 g/mol. The van der Waals surface area contributed by atoms with Gasteiger partial charge in [-0.05, 0) is 18.2 Å². The number of allylic oxidation sites excluding steroid dienone is 12. The van der Waals surface area contributed by atoms with E-state index in [2.05, 4.69) is 51.4 Å². The number of nitrogens with zero attached hydrogens (tertiary/aromatic N) is 3. The number of benzene rings is 1. The molecule has 3 heterocycles. The molecule has 0 fully saturated rings. The second-order valence-electron chi connectivity index (χ2n) is 8.87. The molecular formula is C30H21N3O3. The van der Waals surface area contributed by atoms with Gasteiger partial charge < -0.3 is 13.3 Å². The van der Waals surface area contributed by atoms with Crippen molar-refractivity contribution < 1.29 is 13.3 Å². The Kier molecular flexibility index (Phi) is 4.87. The number of hydrogen-bond acceptors (Lipinski definition) is 6. The van der Waals surface area contributed by atoms with Crippen LogP contribution in [0.4, 0.5) is 0 Å². The molecule has 0 bridgehead atoms. The lowest BCUT2D eigenvalue weighted by molar-refractivity contribution is 0.505. The first-order valence-corrected chi connectivity index (χ1v) is 11.9. The molecule has 0 aliphatic heterocycles. The van der Waals surface area contributed by atoms with Crippen LogP contribution in [0, 0.1) is 0 Å². The molecule has 3 aliphatic carbocycles. The predicted octanol–water partition coefficient (Wildman–Crippen LogP) is 7.28. The van der Waals surface area contributed by atoms with Crippen LogP contribution in [0.3, 0.4) is 0 Å². The Bertz CT molecular complexity index is 1380. The van der Waals surface area contributed by atoms with Gasteiger partial charge in [0.25, 0.3) is 0 Å². The van der Waals surface area contributed by atoms with E-state index in [0.29, 0.717) is 35.0 Å². The predicted molar refractivity (Wildman–Crippen MR) is 136 cm³/mol. The Morgan fingerprint density at radius 1 is 0.417 bits per heavy atom. The minimum atomic E-state index is 0.0510. The van der Waals surface area contributed by atoms with Crippen molar-refractivity contribution in [3.8, 4) is 34.0 Å². The Labute approximate surface area is 207 Å². The van der Waals surface area contributed by atoms with Gasteiger partial charge in [-0.3, -0.25) is 0 Å². The third-order valence-electron chi connectivity index (χ3n) is 6.46. The zero-order valence-electron chi connectivity index (χ0n) is 19.2. The van der Waals surface area contributed by atoms with E-state index in [1.165, 1.54) is 0 Å². The summed E-state index contributed by atoms with van der Waals surface area (Å²) in [6.07, 6.45) is 29.6. The lowest BCUT2D eigenvalue weighted by Crippen LogP contribution is -1.88. The summed E-state index contributed by atoms with van der Waals surface area (Å²) in [6, 6.07) is 6.08. The molecule has 0 saturated heterocycles. The SMILES string of the molecule is C1=CC(c2ncc(-c3cc(-c4cnc(C5C=CC=C5)o4)cc(-c4cnc(C5C=CC=C5)o4)c3)o2)C=C1. The molecule has 174 valence electrons. The van der Waals surface area contributed by atoms with Gasteiger partial charge in [0.05, 0.1) is 36.3 Å². The Balaban J connectivity index is 1.30. The Hall–Kier alpha value is -4.71. The Morgan fingerprint density at radius 3 is 0.972 bits per heavy atom. The van der Waals surface area contributed by atoms with Gasteiger partial charge in [0.2, 0.25) is 17.7 Å². The van der Waals surface area contributed by atoms with Crippen LogP contribution in [0.25, 0.3) is 34.0 Å². The van der Waals surface area contributed by atoms with E-state index >= 15 is 0 Å². The summed E-state index contributed by atoms with van der Waals surface area (Å²) in [5.74, 6) is 4.14. The van der Waals surface area contributed by atoms with Crippen LogP contribution in [0.5, 0.6) is 0 Å². The standard InChI is InChI=1S/C30H21N3O3/c1-2-8-19(7-1)28-31-16-25(34-28)22-13-23(26-17-32-29(35-26)20-9-3-4-10-20)15-24(14-22)27-18-33-30(36-27)21-11-5-6-12-21/h1-21H. The molecule has 7 rings (SSSR count). The molecule has 6 heteroatoms. The molecule has 3 aliphatic rings. The molecule has 6 nitrogen and oxygen atoms in total. The summed E-state index contributed by atoms with van der Waals surface area (Å²) in [4.78, 5) is 13.6. The third-order valence-corrected chi connectivity index (χ3v) is 6.46. The van der Waals surface area contributed by atoms with Gasteiger partial charge in [0, 0.05) is 16.7 Å². The lowest BCUT2D eigenvalue weighted by atomic mass is 10.0. The van der Waals surface area contributed by atoms with Crippen LogP contribution in [0.1, 0.15) is 35.4 Å². The smallest absolute Gasteiger partial charge is 0.205 e. The van der Waals surface area contributed by atoms with Crippen molar-refractivity contribution in [1.29, 1.82) is 0 Å². The average Bonchev–Trinajstić information content (AvgIpc) is 3.77. The van der Waals surface area contributed by atoms with Crippen LogP contribution in [0.2, 0.25) is 0 Å². The van der Waals surface area contributed by atoms with Crippen molar-refractivity contribution in [2.75, 3.05) is 0 Å². The molecule has 1 aromatic carbocycles. The maximum Gasteiger partial charge on any atom is 0.205 e. The first-order valence-electron chi connectivity index (χ1n) is 11.9. The maximum atomic E-state index is 6.17. The highest BCUT2D eigenvalue weighted by molar-refractivity contribution is 5.76. The fourth-order valence-corrected chi connectivity index (χ4v) is 4.57. The van der Waals surface area contributed by atoms with Crippen molar-refractivity contribution in [2.45, 2.75) is 17.8 Å². The van der Waals surface area contributed by atoms with Crippen LogP contribution in [-0.4, -0.2) is 15.0 Å². The van der Waals surface area contributed by atoms with Gasteiger partial charge in [0.1, 0.15) is 0 Å². The normalized spacial score (nSPS) is 17.0. The highest BCUT2D eigenvalue weighted by Gasteiger charge is 2.20. The first kappa shape index (κ1) is 20.6. The van der Waals surface area contributed by atoms with E-state index in [-0.39, 0.29) is 17.8 Å². The van der Waals surface area contributed by atoms with Crippen LogP contribution < -0.4 is 0 Å². The van der Waals surface area contributed by atoms with Gasteiger partial charge in [-0.15, -0.1) is 0 Å².